The molecule has 0 aromatic rings. The van der Waals surface area contributed by atoms with Crippen LogP contribution in [0.5, 0.6) is 0 Å². The van der Waals surface area contributed by atoms with Crippen LogP contribution in [0.25, 0.3) is 0 Å². The highest BCUT2D eigenvalue weighted by molar-refractivity contribution is 5.75. The summed E-state index contributed by atoms with van der Waals surface area (Å²) in [5, 5.41) is 6.06. The topological polar surface area (TPSA) is 78.1 Å². The largest absolute Gasteiger partial charge is 0.377 e. The van der Waals surface area contributed by atoms with Gasteiger partial charge in [0.05, 0.1) is 52.4 Å². The van der Waals surface area contributed by atoms with Crippen molar-refractivity contribution < 1.29 is 23.7 Å². The minimum Gasteiger partial charge on any atom is -0.377 e. The number of ether oxygens (including phenoxy) is 4. The van der Waals surface area contributed by atoms with Gasteiger partial charge in [0.1, 0.15) is 0 Å². The van der Waals surface area contributed by atoms with Gasteiger partial charge in [0, 0.05) is 13.0 Å². The van der Waals surface area contributed by atoms with Crippen molar-refractivity contribution in [2.24, 2.45) is 0 Å². The van der Waals surface area contributed by atoms with Crippen molar-refractivity contribution >= 4 is 5.91 Å². The second-order valence-corrected chi connectivity index (χ2v) is 5.36. The molecule has 0 bridgehead atoms. The Bertz CT molecular complexity index is 286. The number of carbonyl (C=O) groups excluding carboxylic acids is 1. The first-order chi connectivity index (χ1) is 11.3. The van der Waals surface area contributed by atoms with Gasteiger partial charge in [-0.1, -0.05) is 6.92 Å². The summed E-state index contributed by atoms with van der Waals surface area (Å²) in [4.78, 5) is 11.0. The third kappa shape index (κ3) is 12.4. The first kappa shape index (κ1) is 20.3. The third-order valence-corrected chi connectivity index (χ3v) is 3.50. The lowest BCUT2D eigenvalue weighted by Gasteiger charge is -2.22. The zero-order valence-corrected chi connectivity index (χ0v) is 14.3. The van der Waals surface area contributed by atoms with Crippen molar-refractivity contribution in [1.29, 1.82) is 0 Å². The number of hydrogen-bond acceptors (Lipinski definition) is 6. The Morgan fingerprint density at radius 2 is 1.52 bits per heavy atom. The molecule has 0 aromatic heterocycles. The predicted octanol–water partition coefficient (Wildman–Crippen LogP) is 0.331. The highest BCUT2D eigenvalue weighted by Gasteiger charge is 2.12. The van der Waals surface area contributed by atoms with Crippen LogP contribution in [-0.2, 0) is 23.7 Å². The van der Waals surface area contributed by atoms with Crippen LogP contribution in [0.3, 0.4) is 0 Å². The molecule has 0 radical (unpaired) electrons. The molecule has 0 saturated carbocycles. The molecule has 0 atom stereocenters. The van der Waals surface area contributed by atoms with Crippen LogP contribution in [0.2, 0.25) is 0 Å². The second-order valence-electron chi connectivity index (χ2n) is 5.36. The zero-order chi connectivity index (χ0) is 16.6. The van der Waals surface area contributed by atoms with Crippen LogP contribution >= 0.6 is 0 Å². The van der Waals surface area contributed by atoms with E-state index in [1.165, 1.54) is 0 Å². The summed E-state index contributed by atoms with van der Waals surface area (Å²) >= 11 is 0. The number of nitrogens with one attached hydrogen (secondary N) is 2. The summed E-state index contributed by atoms with van der Waals surface area (Å²) in [5.41, 5.74) is 0. The minimum atomic E-state index is 0.0473. The van der Waals surface area contributed by atoms with E-state index in [1.54, 1.807) is 0 Å². The fourth-order valence-electron chi connectivity index (χ4n) is 2.17. The summed E-state index contributed by atoms with van der Waals surface area (Å²) in [5.74, 6) is 0.0473. The molecule has 0 spiro atoms. The number of carbonyl (C=O) groups is 1. The Morgan fingerprint density at radius 1 is 0.957 bits per heavy atom. The minimum absolute atomic E-state index is 0.0473. The molecule has 2 N–H and O–H groups in total. The van der Waals surface area contributed by atoms with Crippen LogP contribution in [0.4, 0.5) is 0 Å². The highest BCUT2D eigenvalue weighted by Crippen LogP contribution is 2.06. The van der Waals surface area contributed by atoms with Gasteiger partial charge in [-0.3, -0.25) is 4.79 Å². The quantitative estimate of drug-likeness (QED) is 0.447. The summed E-state index contributed by atoms with van der Waals surface area (Å²) < 4.78 is 21.9. The third-order valence-electron chi connectivity index (χ3n) is 3.50. The normalized spacial score (nSPS) is 15.7. The van der Waals surface area contributed by atoms with Crippen LogP contribution in [0.15, 0.2) is 0 Å². The number of amides is 1. The molecule has 1 heterocycles. The van der Waals surface area contributed by atoms with Crippen LogP contribution in [0.1, 0.15) is 26.2 Å². The number of rotatable bonds is 14. The van der Waals surface area contributed by atoms with Crippen molar-refractivity contribution in [3.63, 3.8) is 0 Å². The first-order valence-electron chi connectivity index (χ1n) is 8.65. The molecule has 23 heavy (non-hydrogen) atoms. The van der Waals surface area contributed by atoms with E-state index in [4.69, 9.17) is 18.9 Å². The van der Waals surface area contributed by atoms with Gasteiger partial charge in [-0.15, -0.1) is 0 Å². The molecular weight excluding hydrogens is 300 g/mol. The maximum atomic E-state index is 11.0. The Balaban J connectivity index is 1.70. The maximum Gasteiger partial charge on any atom is 0.219 e. The molecule has 7 nitrogen and oxygen atoms in total. The molecule has 1 amide bonds. The molecule has 1 saturated heterocycles. The van der Waals surface area contributed by atoms with E-state index in [9.17, 15) is 4.79 Å². The van der Waals surface area contributed by atoms with Crippen molar-refractivity contribution in [3.8, 4) is 0 Å². The fraction of sp³-hybridized carbons (Fsp3) is 0.938. The van der Waals surface area contributed by atoms with E-state index in [-0.39, 0.29) is 5.91 Å². The van der Waals surface area contributed by atoms with Crippen LogP contribution in [-0.4, -0.2) is 77.9 Å². The lowest BCUT2D eigenvalue weighted by Crippen LogP contribution is -2.33. The summed E-state index contributed by atoms with van der Waals surface area (Å²) in [6.45, 7) is 8.44. The summed E-state index contributed by atoms with van der Waals surface area (Å²) in [6, 6.07) is 0. The van der Waals surface area contributed by atoms with Gasteiger partial charge in [0.15, 0.2) is 0 Å². The van der Waals surface area contributed by atoms with E-state index in [2.05, 4.69) is 10.6 Å². The number of piperidine rings is 1. The van der Waals surface area contributed by atoms with Crippen LogP contribution < -0.4 is 10.6 Å². The van der Waals surface area contributed by atoms with Gasteiger partial charge in [0.25, 0.3) is 0 Å². The van der Waals surface area contributed by atoms with Crippen molar-refractivity contribution in [2.75, 3.05) is 65.9 Å². The Labute approximate surface area is 139 Å². The van der Waals surface area contributed by atoms with Gasteiger partial charge in [-0.25, -0.2) is 0 Å². The summed E-state index contributed by atoms with van der Waals surface area (Å²) in [7, 11) is 0. The van der Waals surface area contributed by atoms with Crippen molar-refractivity contribution in [1.82, 2.24) is 10.6 Å². The standard InChI is InChI=1S/C16H32N2O5/c1-2-16(19)18-7-8-20-9-10-21-11-12-22-13-14-23-15-3-5-17-6-4-15/h15,17H,2-14H2,1H3,(H,18,19). The first-order valence-corrected chi connectivity index (χ1v) is 8.65. The van der Waals surface area contributed by atoms with Gasteiger partial charge in [-0.2, -0.15) is 0 Å². The lowest BCUT2D eigenvalue weighted by molar-refractivity contribution is -0.121. The SMILES string of the molecule is CCC(=O)NCCOCCOCCOCCOC1CCNCC1. The van der Waals surface area contributed by atoms with E-state index in [1.807, 2.05) is 6.92 Å². The molecule has 136 valence electrons. The lowest BCUT2D eigenvalue weighted by atomic mass is 10.1. The van der Waals surface area contributed by atoms with E-state index < -0.39 is 0 Å². The van der Waals surface area contributed by atoms with E-state index >= 15 is 0 Å². The fourth-order valence-corrected chi connectivity index (χ4v) is 2.17. The highest BCUT2D eigenvalue weighted by atomic mass is 16.6. The molecule has 0 unspecified atom stereocenters. The molecule has 7 heteroatoms. The van der Waals surface area contributed by atoms with Gasteiger partial charge >= 0.3 is 0 Å². The average molecular weight is 332 g/mol. The summed E-state index contributed by atoms with van der Waals surface area (Å²) in [6.07, 6.45) is 3.07. The van der Waals surface area contributed by atoms with Gasteiger partial charge in [0.2, 0.25) is 5.91 Å². The Kier molecular flexibility index (Phi) is 13.1. The molecule has 1 aliphatic rings. The monoisotopic (exact) mass is 332 g/mol. The maximum absolute atomic E-state index is 11.0. The molecule has 1 fully saturated rings. The smallest absolute Gasteiger partial charge is 0.219 e. The predicted molar refractivity (Wildman–Crippen MR) is 87.6 cm³/mol. The van der Waals surface area contributed by atoms with Crippen molar-refractivity contribution in [3.05, 3.63) is 0 Å². The van der Waals surface area contributed by atoms with Crippen molar-refractivity contribution in [2.45, 2.75) is 32.3 Å². The Morgan fingerprint density at radius 3 is 2.13 bits per heavy atom. The molecule has 0 aliphatic carbocycles. The van der Waals surface area contributed by atoms with Crippen LogP contribution in [0, 0.1) is 0 Å². The Hall–Kier alpha value is -0.730. The van der Waals surface area contributed by atoms with E-state index in [0.29, 0.717) is 65.3 Å². The molecule has 0 aromatic carbocycles. The average Bonchev–Trinajstić information content (AvgIpc) is 2.59. The zero-order valence-electron chi connectivity index (χ0n) is 14.3. The molecular formula is C16H32N2O5. The number of hydrogen-bond donors (Lipinski definition) is 2. The van der Waals surface area contributed by atoms with E-state index in [0.717, 1.165) is 25.9 Å². The molecule has 1 aliphatic heterocycles. The van der Waals surface area contributed by atoms with Gasteiger partial charge < -0.3 is 29.6 Å². The van der Waals surface area contributed by atoms with Gasteiger partial charge in [-0.05, 0) is 25.9 Å². The molecule has 1 rings (SSSR count). The second kappa shape index (κ2) is 14.8.